The van der Waals surface area contributed by atoms with E-state index in [4.69, 9.17) is 9.88 Å². The van der Waals surface area contributed by atoms with Gasteiger partial charge >= 0.3 is 0 Å². The zero-order valence-electron chi connectivity index (χ0n) is 18.1. The zero-order chi connectivity index (χ0) is 22.4. The second kappa shape index (κ2) is 7.93. The van der Waals surface area contributed by atoms with Gasteiger partial charge in [-0.25, -0.2) is 13.6 Å². The lowest BCUT2D eigenvalue weighted by atomic mass is 9.94. The maximum atomic E-state index is 13.1. The molecule has 4 rings (SSSR count). The van der Waals surface area contributed by atoms with E-state index in [1.807, 2.05) is 19.9 Å². The van der Waals surface area contributed by atoms with Crippen molar-refractivity contribution in [2.45, 2.75) is 56.7 Å². The van der Waals surface area contributed by atoms with Crippen molar-refractivity contribution in [2.24, 2.45) is 5.14 Å². The highest BCUT2D eigenvalue weighted by atomic mass is 32.2. The molecule has 0 unspecified atom stereocenters. The summed E-state index contributed by atoms with van der Waals surface area (Å²) in [6.07, 6.45) is 1.36. The number of nitrogens with zero attached hydrogens (tertiary/aromatic N) is 1. The van der Waals surface area contributed by atoms with Gasteiger partial charge in [-0.05, 0) is 50.1 Å². The van der Waals surface area contributed by atoms with Crippen LogP contribution in [0.3, 0.4) is 0 Å². The van der Waals surface area contributed by atoms with Gasteiger partial charge in [0.05, 0.1) is 10.5 Å². The molecule has 2 aromatic rings. The normalized spacial score (nSPS) is 19.9. The summed E-state index contributed by atoms with van der Waals surface area (Å²) in [7, 11) is -3.94. The van der Waals surface area contributed by atoms with Gasteiger partial charge in [-0.2, -0.15) is 0 Å². The van der Waals surface area contributed by atoms with E-state index in [2.05, 4.69) is 35.3 Å². The summed E-state index contributed by atoms with van der Waals surface area (Å²) in [5.41, 5.74) is 3.00. The summed E-state index contributed by atoms with van der Waals surface area (Å²) in [5, 5.41) is 8.36. The molecule has 2 aromatic carbocycles. The molecule has 7 nitrogen and oxygen atoms in total. The van der Waals surface area contributed by atoms with E-state index in [0.717, 1.165) is 19.5 Å². The van der Waals surface area contributed by atoms with Crippen molar-refractivity contribution in [3.05, 3.63) is 58.7 Å². The van der Waals surface area contributed by atoms with Crippen LogP contribution in [0.4, 0.5) is 0 Å². The van der Waals surface area contributed by atoms with E-state index in [1.54, 1.807) is 0 Å². The average Bonchev–Trinajstić information content (AvgIpc) is 3.03. The Morgan fingerprint density at radius 2 is 1.94 bits per heavy atom. The third kappa shape index (κ3) is 4.46. The molecular weight excluding hydrogens is 414 g/mol. The van der Waals surface area contributed by atoms with Crippen molar-refractivity contribution >= 4 is 15.9 Å². The number of sulfonamides is 1. The molecule has 1 atom stereocenters. The predicted octanol–water partition coefficient (Wildman–Crippen LogP) is 2.22. The summed E-state index contributed by atoms with van der Waals surface area (Å²) in [4.78, 5) is 15.4. The molecule has 3 N–H and O–H groups in total. The number of fused-ring (bicyclic) bond motifs is 2. The van der Waals surface area contributed by atoms with E-state index in [1.165, 1.54) is 23.3 Å². The number of primary sulfonamides is 1. The fraction of sp³-hybridized carbons (Fsp3) is 0.435. The second-order valence-electron chi connectivity index (χ2n) is 8.94. The number of nitrogens with one attached hydrogen (secondary N) is 1. The summed E-state index contributed by atoms with van der Waals surface area (Å²) in [6, 6.07) is 11.4. The SMILES string of the molecule is CCN1Cc2ccccc2C[C@H]1CNC(=O)c1cc(S(N)(=O)=O)cc2c1OC(C)(C)C2. The summed E-state index contributed by atoms with van der Waals surface area (Å²) in [6.45, 7) is 8.11. The Hall–Kier alpha value is -2.42. The average molecular weight is 444 g/mol. The topological polar surface area (TPSA) is 102 Å². The molecule has 2 heterocycles. The van der Waals surface area contributed by atoms with Crippen molar-refractivity contribution in [3.63, 3.8) is 0 Å². The molecule has 0 saturated carbocycles. The van der Waals surface area contributed by atoms with Crippen LogP contribution < -0.4 is 15.2 Å². The second-order valence-corrected chi connectivity index (χ2v) is 10.5. The van der Waals surface area contributed by atoms with Crippen LogP contribution in [0.25, 0.3) is 0 Å². The molecule has 166 valence electrons. The summed E-state index contributed by atoms with van der Waals surface area (Å²) >= 11 is 0. The molecule has 8 heteroatoms. The first-order valence-electron chi connectivity index (χ1n) is 10.5. The molecule has 1 amide bonds. The van der Waals surface area contributed by atoms with Gasteiger partial charge in [-0.15, -0.1) is 0 Å². The number of ether oxygens (including phenoxy) is 1. The molecule has 31 heavy (non-hydrogen) atoms. The Morgan fingerprint density at radius 1 is 1.23 bits per heavy atom. The summed E-state index contributed by atoms with van der Waals surface area (Å²) < 4.78 is 29.9. The highest BCUT2D eigenvalue weighted by Gasteiger charge is 2.35. The molecule has 0 aliphatic carbocycles. The van der Waals surface area contributed by atoms with E-state index < -0.39 is 15.6 Å². The standard InChI is InChI=1S/C23H29N3O4S/c1-4-26-14-16-8-6-5-7-15(16)9-18(26)13-25-22(27)20-11-19(31(24,28)29)10-17-12-23(2,3)30-21(17)20/h5-8,10-11,18H,4,9,12-14H2,1-3H3,(H,25,27)(H2,24,28,29)/t18-/m0/s1. The maximum absolute atomic E-state index is 13.1. The lowest BCUT2D eigenvalue weighted by molar-refractivity contribution is 0.0914. The molecular formula is C23H29N3O4S. The monoisotopic (exact) mass is 443 g/mol. The van der Waals surface area contributed by atoms with Crippen LogP contribution in [0.1, 0.15) is 47.8 Å². The Bertz CT molecular complexity index is 1130. The van der Waals surface area contributed by atoms with Crippen LogP contribution in [0, 0.1) is 0 Å². The van der Waals surface area contributed by atoms with Gasteiger partial charge in [-0.3, -0.25) is 9.69 Å². The largest absolute Gasteiger partial charge is 0.486 e. The first-order chi connectivity index (χ1) is 14.6. The summed E-state index contributed by atoms with van der Waals surface area (Å²) in [5.74, 6) is 0.0885. The van der Waals surface area contributed by atoms with E-state index >= 15 is 0 Å². The number of likely N-dealkylation sites (N-methyl/N-ethyl adjacent to an activating group) is 1. The van der Waals surface area contributed by atoms with Gasteiger partial charge in [0.2, 0.25) is 10.0 Å². The minimum absolute atomic E-state index is 0.0699. The Kier molecular flexibility index (Phi) is 5.57. The molecule has 2 aliphatic rings. The fourth-order valence-corrected chi connectivity index (χ4v) is 5.12. The van der Waals surface area contributed by atoms with Gasteiger partial charge in [0.25, 0.3) is 5.91 Å². The number of hydrogen-bond acceptors (Lipinski definition) is 5. The van der Waals surface area contributed by atoms with Crippen LogP contribution in [0.2, 0.25) is 0 Å². The van der Waals surface area contributed by atoms with Crippen LogP contribution in [0.5, 0.6) is 5.75 Å². The first kappa shape index (κ1) is 21.8. The van der Waals surface area contributed by atoms with Crippen molar-refractivity contribution < 1.29 is 17.9 Å². The minimum atomic E-state index is -3.94. The van der Waals surface area contributed by atoms with E-state index in [0.29, 0.717) is 24.3 Å². The van der Waals surface area contributed by atoms with E-state index in [-0.39, 0.29) is 22.4 Å². The Balaban J connectivity index is 1.57. The quantitative estimate of drug-likeness (QED) is 0.738. The van der Waals surface area contributed by atoms with Gasteiger partial charge < -0.3 is 10.1 Å². The van der Waals surface area contributed by atoms with Crippen molar-refractivity contribution in [1.82, 2.24) is 10.2 Å². The number of nitrogens with two attached hydrogens (primary N) is 1. The Labute approximate surface area is 183 Å². The predicted molar refractivity (Wildman–Crippen MR) is 119 cm³/mol. The lowest BCUT2D eigenvalue weighted by Gasteiger charge is -2.36. The van der Waals surface area contributed by atoms with Gasteiger partial charge in [-0.1, -0.05) is 31.2 Å². The first-order valence-corrected chi connectivity index (χ1v) is 12.1. The number of benzene rings is 2. The molecule has 0 spiro atoms. The molecule has 0 radical (unpaired) electrons. The highest BCUT2D eigenvalue weighted by Crippen LogP contribution is 2.39. The van der Waals surface area contributed by atoms with Crippen molar-refractivity contribution in [3.8, 4) is 5.75 Å². The minimum Gasteiger partial charge on any atom is -0.486 e. The lowest BCUT2D eigenvalue weighted by Crippen LogP contribution is -2.47. The maximum Gasteiger partial charge on any atom is 0.255 e. The third-order valence-corrected chi connectivity index (χ3v) is 6.97. The number of rotatable bonds is 5. The molecule has 0 fully saturated rings. The number of hydrogen-bond donors (Lipinski definition) is 2. The van der Waals surface area contributed by atoms with Crippen LogP contribution in [-0.2, 0) is 29.4 Å². The fourth-order valence-electron chi connectivity index (χ4n) is 4.53. The Morgan fingerprint density at radius 3 is 2.61 bits per heavy atom. The molecule has 0 saturated heterocycles. The molecule has 0 bridgehead atoms. The van der Waals surface area contributed by atoms with Crippen LogP contribution in [0.15, 0.2) is 41.3 Å². The van der Waals surface area contributed by atoms with Crippen molar-refractivity contribution in [1.29, 1.82) is 0 Å². The molecule has 2 aliphatic heterocycles. The highest BCUT2D eigenvalue weighted by molar-refractivity contribution is 7.89. The van der Waals surface area contributed by atoms with Crippen LogP contribution in [-0.4, -0.2) is 44.0 Å². The number of carbonyl (C=O) groups excluding carboxylic acids is 1. The smallest absolute Gasteiger partial charge is 0.255 e. The number of carbonyl (C=O) groups is 1. The van der Waals surface area contributed by atoms with Crippen LogP contribution >= 0.6 is 0 Å². The van der Waals surface area contributed by atoms with Gasteiger partial charge in [0.15, 0.2) is 0 Å². The van der Waals surface area contributed by atoms with Crippen molar-refractivity contribution in [2.75, 3.05) is 13.1 Å². The van der Waals surface area contributed by atoms with Gasteiger partial charge in [0, 0.05) is 31.1 Å². The number of amides is 1. The third-order valence-electron chi connectivity index (χ3n) is 6.08. The zero-order valence-corrected chi connectivity index (χ0v) is 19.0. The molecule has 0 aromatic heterocycles. The van der Waals surface area contributed by atoms with Gasteiger partial charge in [0.1, 0.15) is 11.4 Å². The van der Waals surface area contributed by atoms with E-state index in [9.17, 15) is 13.2 Å².